The molecule has 0 unspecified atom stereocenters. The zero-order chi connectivity index (χ0) is 24.6. The molecule has 4 heterocycles. The van der Waals surface area contributed by atoms with Gasteiger partial charge in [0.2, 0.25) is 16.0 Å². The van der Waals surface area contributed by atoms with Crippen LogP contribution < -0.4 is 5.32 Å². The van der Waals surface area contributed by atoms with E-state index in [2.05, 4.69) is 36.8 Å². The summed E-state index contributed by atoms with van der Waals surface area (Å²) in [5, 5.41) is 3.07. The van der Waals surface area contributed by atoms with Crippen molar-refractivity contribution in [3.63, 3.8) is 0 Å². The highest BCUT2D eigenvalue weighted by molar-refractivity contribution is 7.89. The lowest BCUT2D eigenvalue weighted by molar-refractivity contribution is 0.220. The van der Waals surface area contributed by atoms with Crippen molar-refractivity contribution in [3.8, 4) is 11.4 Å². The van der Waals surface area contributed by atoms with Crippen LogP contribution in [0.2, 0.25) is 0 Å². The molecule has 0 spiro atoms. The predicted molar refractivity (Wildman–Crippen MR) is 131 cm³/mol. The minimum Gasteiger partial charge on any atom is -0.324 e. The molecule has 186 valence electrons. The first kappa shape index (κ1) is 23.8. The van der Waals surface area contributed by atoms with E-state index in [1.165, 1.54) is 4.31 Å². The molecule has 11 heteroatoms. The molecular formula is C24H30FN7O2S. The van der Waals surface area contributed by atoms with Gasteiger partial charge < -0.3 is 14.8 Å². The fourth-order valence-electron chi connectivity index (χ4n) is 4.87. The number of aromatic nitrogens is 4. The van der Waals surface area contributed by atoms with Crippen LogP contribution in [0, 0.1) is 12.7 Å². The molecule has 2 aliphatic rings. The normalized spacial score (nSPS) is 18.3. The van der Waals surface area contributed by atoms with Gasteiger partial charge in [-0.25, -0.2) is 27.8 Å². The van der Waals surface area contributed by atoms with Gasteiger partial charge in [-0.2, -0.15) is 4.31 Å². The maximum absolute atomic E-state index is 14.9. The zero-order valence-electron chi connectivity index (χ0n) is 20.0. The maximum atomic E-state index is 14.9. The van der Waals surface area contributed by atoms with Crippen molar-refractivity contribution in [2.24, 2.45) is 0 Å². The van der Waals surface area contributed by atoms with Crippen LogP contribution in [0.4, 0.5) is 16.0 Å². The summed E-state index contributed by atoms with van der Waals surface area (Å²) in [6.07, 6.45) is 6.52. The number of hydrogen-bond donors (Lipinski definition) is 1. The third kappa shape index (κ3) is 4.80. The summed E-state index contributed by atoms with van der Waals surface area (Å²) in [7, 11) is -1.38. The second kappa shape index (κ2) is 9.63. The third-order valence-electron chi connectivity index (χ3n) is 6.84. The van der Waals surface area contributed by atoms with Gasteiger partial charge in [-0.05, 0) is 77.0 Å². The van der Waals surface area contributed by atoms with Crippen LogP contribution in [0.25, 0.3) is 11.4 Å². The molecule has 35 heavy (non-hydrogen) atoms. The van der Waals surface area contributed by atoms with Crippen LogP contribution in [0.1, 0.15) is 37.5 Å². The highest BCUT2D eigenvalue weighted by Crippen LogP contribution is 2.31. The molecule has 2 fully saturated rings. The average Bonchev–Trinajstić information content (AvgIpc) is 3.52. The monoisotopic (exact) mass is 499 g/mol. The summed E-state index contributed by atoms with van der Waals surface area (Å²) in [6.45, 7) is 5.00. The molecule has 0 radical (unpaired) electrons. The SMILES string of the molecule is Cc1ncc(-c2nc(Nc3ccc(S(=O)(=O)N4CCCC4)cc3)ncc2F)n1C1CCN(C)CC1. The summed E-state index contributed by atoms with van der Waals surface area (Å²) in [4.78, 5) is 15.5. The average molecular weight is 500 g/mol. The zero-order valence-corrected chi connectivity index (χ0v) is 20.8. The Morgan fingerprint density at radius 2 is 1.69 bits per heavy atom. The lowest BCUT2D eigenvalue weighted by atomic mass is 10.0. The Balaban J connectivity index is 1.38. The Kier molecular flexibility index (Phi) is 6.56. The number of likely N-dealkylation sites (tertiary alicyclic amines) is 1. The quantitative estimate of drug-likeness (QED) is 0.554. The Hall–Kier alpha value is -2.89. The van der Waals surface area contributed by atoms with E-state index >= 15 is 0 Å². The number of anilines is 2. The van der Waals surface area contributed by atoms with Crippen LogP contribution in [0.3, 0.4) is 0 Å². The molecule has 1 N–H and O–H groups in total. The summed E-state index contributed by atoms with van der Waals surface area (Å²) in [5.41, 5.74) is 1.44. The maximum Gasteiger partial charge on any atom is 0.243 e. The fraction of sp³-hybridized carbons (Fsp3) is 0.458. The number of halogens is 1. The minimum atomic E-state index is -3.48. The van der Waals surface area contributed by atoms with Crippen molar-refractivity contribution in [2.75, 3.05) is 38.5 Å². The molecular weight excluding hydrogens is 469 g/mol. The van der Waals surface area contributed by atoms with Crippen LogP contribution >= 0.6 is 0 Å². The standard InChI is InChI=1S/C24H30FN7O2S/c1-17-26-16-22(32(17)19-9-13-30(2)14-10-19)23-21(25)15-27-24(29-23)28-18-5-7-20(8-6-18)35(33,34)31-11-3-4-12-31/h5-8,15-16,19H,3-4,9-14H2,1-2H3,(H,27,28,29). The summed E-state index contributed by atoms with van der Waals surface area (Å²) in [5.74, 6) is 0.541. The molecule has 3 aromatic rings. The summed E-state index contributed by atoms with van der Waals surface area (Å²) in [6, 6.07) is 6.71. The summed E-state index contributed by atoms with van der Waals surface area (Å²) < 4.78 is 44.0. The number of sulfonamides is 1. The van der Waals surface area contributed by atoms with E-state index in [0.717, 1.165) is 50.8 Å². The molecule has 1 aromatic carbocycles. The predicted octanol–water partition coefficient (Wildman–Crippen LogP) is 3.58. The van der Waals surface area contributed by atoms with E-state index in [1.807, 2.05) is 6.92 Å². The van der Waals surface area contributed by atoms with E-state index in [-0.39, 0.29) is 22.6 Å². The van der Waals surface area contributed by atoms with Crippen molar-refractivity contribution < 1.29 is 12.8 Å². The topological polar surface area (TPSA) is 96.2 Å². The van der Waals surface area contributed by atoms with Gasteiger partial charge in [0.25, 0.3) is 0 Å². The van der Waals surface area contributed by atoms with Crippen LogP contribution in [0.5, 0.6) is 0 Å². The van der Waals surface area contributed by atoms with Gasteiger partial charge in [-0.3, -0.25) is 0 Å². The van der Waals surface area contributed by atoms with E-state index in [4.69, 9.17) is 0 Å². The van der Waals surface area contributed by atoms with Gasteiger partial charge in [0.05, 0.1) is 23.0 Å². The number of benzene rings is 1. The molecule has 0 bridgehead atoms. The van der Waals surface area contributed by atoms with Gasteiger partial charge >= 0.3 is 0 Å². The number of rotatable bonds is 6. The van der Waals surface area contributed by atoms with Crippen LogP contribution in [-0.4, -0.2) is 70.4 Å². The highest BCUT2D eigenvalue weighted by atomic mass is 32.2. The van der Waals surface area contributed by atoms with Gasteiger partial charge in [-0.15, -0.1) is 0 Å². The number of nitrogens with zero attached hydrogens (tertiary/aromatic N) is 6. The smallest absolute Gasteiger partial charge is 0.243 e. The molecule has 0 saturated carbocycles. The van der Waals surface area contributed by atoms with Crippen LogP contribution in [-0.2, 0) is 10.0 Å². The van der Waals surface area contributed by atoms with E-state index in [9.17, 15) is 12.8 Å². The van der Waals surface area contributed by atoms with Crippen molar-refractivity contribution in [1.82, 2.24) is 28.7 Å². The largest absolute Gasteiger partial charge is 0.324 e. The number of imidazole rings is 1. The highest BCUT2D eigenvalue weighted by Gasteiger charge is 2.27. The molecule has 9 nitrogen and oxygen atoms in total. The first-order valence-electron chi connectivity index (χ1n) is 12.0. The lowest BCUT2D eigenvalue weighted by Crippen LogP contribution is -2.32. The van der Waals surface area contributed by atoms with Crippen molar-refractivity contribution in [2.45, 2.75) is 43.5 Å². The first-order valence-corrected chi connectivity index (χ1v) is 13.4. The van der Waals surface area contributed by atoms with Crippen molar-refractivity contribution >= 4 is 21.7 Å². The Morgan fingerprint density at radius 1 is 1.00 bits per heavy atom. The third-order valence-corrected chi connectivity index (χ3v) is 8.75. The molecule has 2 aromatic heterocycles. The van der Waals surface area contributed by atoms with Gasteiger partial charge in [0.1, 0.15) is 11.5 Å². The number of piperidine rings is 1. The first-order chi connectivity index (χ1) is 16.8. The number of nitrogens with one attached hydrogen (secondary N) is 1. The number of hydrogen-bond acceptors (Lipinski definition) is 7. The molecule has 0 aliphatic carbocycles. The minimum absolute atomic E-state index is 0.190. The van der Waals surface area contributed by atoms with Crippen molar-refractivity contribution in [3.05, 3.63) is 48.3 Å². The van der Waals surface area contributed by atoms with Crippen molar-refractivity contribution in [1.29, 1.82) is 0 Å². The second-order valence-electron chi connectivity index (χ2n) is 9.25. The molecule has 2 aliphatic heterocycles. The fourth-order valence-corrected chi connectivity index (χ4v) is 6.38. The van der Waals surface area contributed by atoms with Gasteiger partial charge in [0.15, 0.2) is 5.82 Å². The number of aryl methyl sites for hydroxylation is 1. The van der Waals surface area contributed by atoms with E-state index in [0.29, 0.717) is 24.5 Å². The molecule has 0 amide bonds. The van der Waals surface area contributed by atoms with E-state index < -0.39 is 15.8 Å². The van der Waals surface area contributed by atoms with E-state index in [1.54, 1.807) is 30.5 Å². The lowest BCUT2D eigenvalue weighted by Gasteiger charge is -2.31. The van der Waals surface area contributed by atoms with Gasteiger partial charge in [-0.1, -0.05) is 0 Å². The van der Waals surface area contributed by atoms with Gasteiger partial charge in [0, 0.05) is 24.8 Å². The molecule has 5 rings (SSSR count). The second-order valence-corrected chi connectivity index (χ2v) is 11.2. The molecule has 2 saturated heterocycles. The Labute approximate surface area is 205 Å². The Morgan fingerprint density at radius 3 is 2.37 bits per heavy atom. The Bertz CT molecular complexity index is 1300. The summed E-state index contributed by atoms with van der Waals surface area (Å²) >= 11 is 0. The molecule has 0 atom stereocenters. The van der Waals surface area contributed by atoms with Crippen LogP contribution in [0.15, 0.2) is 41.6 Å².